The number of ether oxygens (including phenoxy) is 1. The third-order valence-electron chi connectivity index (χ3n) is 5.34. The molecule has 33 heavy (non-hydrogen) atoms. The highest BCUT2D eigenvalue weighted by atomic mass is 16.5. The molecule has 0 saturated carbocycles. The lowest BCUT2D eigenvalue weighted by Crippen LogP contribution is -2.47. The molecule has 1 atom stereocenters. The Morgan fingerprint density at radius 3 is 2.24 bits per heavy atom. The van der Waals surface area contributed by atoms with Gasteiger partial charge < -0.3 is 9.64 Å². The molecule has 7 heteroatoms. The highest BCUT2D eigenvalue weighted by molar-refractivity contribution is 6.23. The van der Waals surface area contributed by atoms with E-state index in [1.54, 1.807) is 17.0 Å². The molecule has 1 aliphatic heterocycles. The van der Waals surface area contributed by atoms with Gasteiger partial charge in [-0.1, -0.05) is 51.1 Å². The van der Waals surface area contributed by atoms with Gasteiger partial charge in [-0.3, -0.25) is 19.2 Å². The van der Waals surface area contributed by atoms with Crippen LogP contribution in [-0.2, 0) is 25.6 Å². The Morgan fingerprint density at radius 2 is 1.67 bits per heavy atom. The molecule has 3 amide bonds. The van der Waals surface area contributed by atoms with Crippen LogP contribution in [0.4, 0.5) is 5.69 Å². The first kappa shape index (κ1) is 24.2. The maximum atomic E-state index is 13.3. The Morgan fingerprint density at radius 1 is 1.03 bits per heavy atom. The number of hydrogen-bond donors (Lipinski definition) is 0. The SMILES string of the molecule is CC(=O)Oc1ccc(N2C(=O)CC(N(CCc3ccccc3)C(=O)CC(C)(C)C)C2=O)cc1. The Balaban J connectivity index is 1.82. The standard InChI is InChI=1S/C26H30N2O5/c1-18(29)33-21-12-10-20(11-13-21)28-23(30)16-22(25(28)32)27(24(31)17-26(2,3)4)15-14-19-8-6-5-7-9-19/h5-13,22H,14-17H2,1-4H3. The van der Waals surface area contributed by atoms with Crippen LogP contribution >= 0.6 is 0 Å². The number of imide groups is 1. The lowest BCUT2D eigenvalue weighted by Gasteiger charge is -2.30. The Bertz CT molecular complexity index is 1020. The number of nitrogens with zero attached hydrogens (tertiary/aromatic N) is 2. The zero-order valence-corrected chi connectivity index (χ0v) is 19.5. The van der Waals surface area contributed by atoms with Gasteiger partial charge in [0.15, 0.2) is 0 Å². The molecule has 1 aliphatic rings. The van der Waals surface area contributed by atoms with Gasteiger partial charge in [-0.15, -0.1) is 0 Å². The van der Waals surface area contributed by atoms with Gasteiger partial charge in [-0.05, 0) is 41.7 Å². The van der Waals surface area contributed by atoms with Gasteiger partial charge in [-0.2, -0.15) is 0 Å². The van der Waals surface area contributed by atoms with E-state index in [2.05, 4.69) is 0 Å². The van der Waals surface area contributed by atoms with E-state index in [1.165, 1.54) is 19.1 Å². The first-order valence-electron chi connectivity index (χ1n) is 11.0. The van der Waals surface area contributed by atoms with Crippen LogP contribution in [-0.4, -0.2) is 41.2 Å². The van der Waals surface area contributed by atoms with Gasteiger partial charge in [0.1, 0.15) is 11.8 Å². The monoisotopic (exact) mass is 450 g/mol. The largest absolute Gasteiger partial charge is 0.427 e. The van der Waals surface area contributed by atoms with Gasteiger partial charge in [0, 0.05) is 19.9 Å². The van der Waals surface area contributed by atoms with Crippen LogP contribution in [0.25, 0.3) is 0 Å². The number of esters is 1. The van der Waals surface area contributed by atoms with Crippen LogP contribution < -0.4 is 9.64 Å². The quantitative estimate of drug-likeness (QED) is 0.364. The summed E-state index contributed by atoms with van der Waals surface area (Å²) in [5.74, 6) is -1.06. The molecule has 1 unspecified atom stereocenters. The van der Waals surface area contributed by atoms with Crippen LogP contribution in [0.2, 0.25) is 0 Å². The first-order valence-corrected chi connectivity index (χ1v) is 11.0. The topological polar surface area (TPSA) is 84.0 Å². The van der Waals surface area contributed by atoms with Crippen molar-refractivity contribution in [3.8, 4) is 5.75 Å². The van der Waals surface area contributed by atoms with Crippen molar-refractivity contribution in [2.75, 3.05) is 11.4 Å². The molecular formula is C26H30N2O5. The number of amides is 3. The normalized spacial score (nSPS) is 16.1. The molecule has 1 heterocycles. The van der Waals surface area contributed by atoms with Crippen molar-refractivity contribution in [2.24, 2.45) is 5.41 Å². The minimum atomic E-state index is -0.843. The number of hydrogen-bond acceptors (Lipinski definition) is 5. The molecule has 0 aliphatic carbocycles. The van der Waals surface area contributed by atoms with Crippen LogP contribution in [0.15, 0.2) is 54.6 Å². The zero-order valence-electron chi connectivity index (χ0n) is 19.5. The molecule has 0 radical (unpaired) electrons. The number of carbonyl (C=O) groups excluding carboxylic acids is 4. The second-order valence-electron chi connectivity index (χ2n) is 9.44. The lowest BCUT2D eigenvalue weighted by molar-refractivity contribution is -0.139. The molecule has 0 spiro atoms. The van der Waals surface area contributed by atoms with Crippen LogP contribution in [0.5, 0.6) is 5.75 Å². The van der Waals surface area contributed by atoms with Crippen molar-refractivity contribution < 1.29 is 23.9 Å². The van der Waals surface area contributed by atoms with Crippen molar-refractivity contribution in [1.82, 2.24) is 4.90 Å². The van der Waals surface area contributed by atoms with Gasteiger partial charge in [0.25, 0.3) is 5.91 Å². The maximum Gasteiger partial charge on any atom is 0.308 e. The average Bonchev–Trinajstić information content (AvgIpc) is 3.02. The maximum absolute atomic E-state index is 13.3. The van der Waals surface area contributed by atoms with Gasteiger partial charge in [0.05, 0.1) is 12.1 Å². The zero-order chi connectivity index (χ0) is 24.2. The Kier molecular flexibility index (Phi) is 7.31. The molecular weight excluding hydrogens is 420 g/mol. The first-order chi connectivity index (χ1) is 15.5. The fourth-order valence-electron chi connectivity index (χ4n) is 3.86. The van der Waals surface area contributed by atoms with E-state index in [0.717, 1.165) is 10.5 Å². The summed E-state index contributed by atoms with van der Waals surface area (Å²) in [4.78, 5) is 53.2. The van der Waals surface area contributed by atoms with E-state index in [1.807, 2.05) is 51.1 Å². The molecule has 0 bridgehead atoms. The molecule has 1 saturated heterocycles. The number of rotatable bonds is 7. The second kappa shape index (κ2) is 9.98. The molecule has 174 valence electrons. The van der Waals surface area contributed by atoms with Gasteiger partial charge in [-0.25, -0.2) is 4.90 Å². The van der Waals surface area contributed by atoms with Crippen molar-refractivity contribution in [3.63, 3.8) is 0 Å². The minimum absolute atomic E-state index is 0.0603. The smallest absolute Gasteiger partial charge is 0.308 e. The molecule has 0 aromatic heterocycles. The molecule has 3 rings (SSSR count). The van der Waals surface area contributed by atoms with E-state index in [4.69, 9.17) is 4.74 Å². The lowest BCUT2D eigenvalue weighted by atomic mass is 9.91. The average molecular weight is 451 g/mol. The van der Waals surface area contributed by atoms with Gasteiger partial charge >= 0.3 is 5.97 Å². The highest BCUT2D eigenvalue weighted by Crippen LogP contribution is 2.29. The van der Waals surface area contributed by atoms with E-state index < -0.39 is 17.9 Å². The van der Waals surface area contributed by atoms with E-state index in [-0.39, 0.29) is 30.1 Å². The summed E-state index contributed by atoms with van der Waals surface area (Å²) in [7, 11) is 0. The number of carbonyl (C=O) groups is 4. The third kappa shape index (κ3) is 6.28. The summed E-state index contributed by atoms with van der Waals surface area (Å²) in [5, 5.41) is 0. The molecule has 2 aromatic carbocycles. The molecule has 1 fully saturated rings. The van der Waals surface area contributed by atoms with E-state index >= 15 is 0 Å². The number of benzene rings is 2. The Labute approximate surface area is 194 Å². The van der Waals surface area contributed by atoms with Crippen molar-refractivity contribution in [3.05, 3.63) is 60.2 Å². The summed E-state index contributed by atoms with van der Waals surface area (Å²) < 4.78 is 5.02. The van der Waals surface area contributed by atoms with Crippen molar-refractivity contribution in [1.29, 1.82) is 0 Å². The fraction of sp³-hybridized carbons (Fsp3) is 0.385. The predicted molar refractivity (Wildman–Crippen MR) is 125 cm³/mol. The van der Waals surface area contributed by atoms with E-state index in [0.29, 0.717) is 24.4 Å². The van der Waals surface area contributed by atoms with Gasteiger partial charge in [0.2, 0.25) is 11.8 Å². The summed E-state index contributed by atoms with van der Waals surface area (Å²) in [6.45, 7) is 7.56. The third-order valence-corrected chi connectivity index (χ3v) is 5.34. The molecule has 2 aromatic rings. The van der Waals surface area contributed by atoms with Crippen molar-refractivity contribution in [2.45, 2.75) is 53.0 Å². The summed E-state index contributed by atoms with van der Waals surface area (Å²) in [6.07, 6.45) is 0.803. The summed E-state index contributed by atoms with van der Waals surface area (Å²) in [6, 6.07) is 15.1. The fourth-order valence-corrected chi connectivity index (χ4v) is 3.86. The van der Waals surface area contributed by atoms with Crippen molar-refractivity contribution >= 4 is 29.4 Å². The summed E-state index contributed by atoms with van der Waals surface area (Å²) >= 11 is 0. The second-order valence-corrected chi connectivity index (χ2v) is 9.44. The minimum Gasteiger partial charge on any atom is -0.427 e. The predicted octanol–water partition coefficient (Wildman–Crippen LogP) is 3.75. The molecule has 7 nitrogen and oxygen atoms in total. The van der Waals surface area contributed by atoms with E-state index in [9.17, 15) is 19.2 Å². The highest BCUT2D eigenvalue weighted by Gasteiger charge is 2.44. The number of anilines is 1. The Hall–Kier alpha value is -3.48. The molecule has 0 N–H and O–H groups in total. The van der Waals surface area contributed by atoms with Crippen LogP contribution in [0, 0.1) is 5.41 Å². The van der Waals surface area contributed by atoms with Crippen LogP contribution in [0.1, 0.15) is 46.1 Å². The summed E-state index contributed by atoms with van der Waals surface area (Å²) in [5.41, 5.74) is 1.19. The van der Waals surface area contributed by atoms with Crippen LogP contribution in [0.3, 0.4) is 0 Å².